The number of hydrogen-bond acceptors (Lipinski definition) is 1. The van der Waals surface area contributed by atoms with E-state index in [1.807, 2.05) is 0 Å². The van der Waals surface area contributed by atoms with E-state index in [-0.39, 0.29) is 11.3 Å². The van der Waals surface area contributed by atoms with E-state index in [9.17, 15) is 4.79 Å². The monoisotopic (exact) mass is 349 g/mol. The van der Waals surface area contributed by atoms with Crippen LogP contribution >= 0.6 is 39.1 Å². The van der Waals surface area contributed by atoms with Gasteiger partial charge in [-0.2, -0.15) is 0 Å². The number of amides is 1. The summed E-state index contributed by atoms with van der Waals surface area (Å²) in [5, 5.41) is 3.73. The number of carbonyl (C=O) groups excluding carboxylic acids is 1. The van der Waals surface area contributed by atoms with Crippen molar-refractivity contribution in [3.63, 3.8) is 0 Å². The minimum atomic E-state index is -0.0804. The topological polar surface area (TPSA) is 29.1 Å². The van der Waals surface area contributed by atoms with Gasteiger partial charge in [0.15, 0.2) is 0 Å². The van der Waals surface area contributed by atoms with E-state index < -0.39 is 0 Å². The van der Waals surface area contributed by atoms with Gasteiger partial charge in [-0.1, -0.05) is 18.0 Å². The molecule has 1 amide bonds. The highest BCUT2D eigenvalue weighted by Gasteiger charge is 2.25. The van der Waals surface area contributed by atoms with Gasteiger partial charge in [-0.05, 0) is 52.9 Å². The summed E-state index contributed by atoms with van der Waals surface area (Å²) >= 11 is 15.4. The zero-order valence-corrected chi connectivity index (χ0v) is 12.9. The molecule has 0 bridgehead atoms. The van der Waals surface area contributed by atoms with Crippen LogP contribution in [0.25, 0.3) is 0 Å². The van der Waals surface area contributed by atoms with Crippen molar-refractivity contribution < 1.29 is 4.79 Å². The first-order chi connectivity index (χ1) is 8.58. The second kappa shape index (κ2) is 6.27. The van der Waals surface area contributed by atoms with Crippen LogP contribution in [0.1, 0.15) is 29.6 Å². The highest BCUT2D eigenvalue weighted by Crippen LogP contribution is 2.29. The lowest BCUT2D eigenvalue weighted by atomic mass is 10.1. The Balaban J connectivity index is 1.93. The predicted octanol–water partition coefficient (Wildman–Crippen LogP) is 4.24. The minimum absolute atomic E-state index is 0.0804. The Bertz CT molecular complexity index is 453. The number of benzene rings is 1. The van der Waals surface area contributed by atoms with Crippen LogP contribution in [0.4, 0.5) is 0 Å². The van der Waals surface area contributed by atoms with E-state index in [0.29, 0.717) is 23.0 Å². The third-order valence-corrected chi connectivity index (χ3v) is 5.06. The van der Waals surface area contributed by atoms with Crippen molar-refractivity contribution in [2.45, 2.75) is 24.6 Å². The van der Waals surface area contributed by atoms with Crippen LogP contribution < -0.4 is 5.32 Å². The molecule has 2 rings (SSSR count). The number of rotatable bonds is 3. The van der Waals surface area contributed by atoms with Gasteiger partial charge in [0.2, 0.25) is 0 Å². The molecule has 5 heteroatoms. The maximum atomic E-state index is 12.0. The third-order valence-electron chi connectivity index (χ3n) is 3.27. The number of alkyl halides is 1. The van der Waals surface area contributed by atoms with E-state index in [0.717, 1.165) is 23.7 Å². The standard InChI is InChI=1S/C13H14BrCl2NO/c14-10-6-8(4-5-12(10)16)13(18)17-7-9-2-1-3-11(9)15/h4-6,9,11H,1-3,7H2,(H,17,18). The number of carbonyl (C=O) groups is 1. The van der Waals surface area contributed by atoms with Gasteiger partial charge >= 0.3 is 0 Å². The molecule has 1 aliphatic rings. The number of halogens is 3. The molecule has 98 valence electrons. The predicted molar refractivity (Wildman–Crippen MR) is 78.5 cm³/mol. The molecule has 1 aromatic rings. The van der Waals surface area contributed by atoms with Gasteiger partial charge in [-0.15, -0.1) is 11.6 Å². The average molecular weight is 351 g/mol. The van der Waals surface area contributed by atoms with Crippen molar-refractivity contribution in [2.75, 3.05) is 6.54 Å². The van der Waals surface area contributed by atoms with Crippen molar-refractivity contribution in [1.29, 1.82) is 0 Å². The quantitative estimate of drug-likeness (QED) is 0.811. The zero-order valence-electron chi connectivity index (χ0n) is 9.76. The molecule has 0 saturated heterocycles. The van der Waals surface area contributed by atoms with Gasteiger partial charge in [0.25, 0.3) is 5.91 Å². The van der Waals surface area contributed by atoms with Gasteiger partial charge in [0.05, 0.1) is 5.02 Å². The molecule has 0 spiro atoms. The SMILES string of the molecule is O=C(NCC1CCCC1Cl)c1ccc(Cl)c(Br)c1. The first-order valence-corrected chi connectivity index (χ1v) is 7.56. The molecule has 1 fully saturated rings. The minimum Gasteiger partial charge on any atom is -0.352 e. The Hall–Kier alpha value is -0.250. The second-order valence-electron chi connectivity index (χ2n) is 4.55. The normalized spacial score (nSPS) is 23.1. The summed E-state index contributed by atoms with van der Waals surface area (Å²) in [6.07, 6.45) is 3.30. The van der Waals surface area contributed by atoms with Crippen molar-refractivity contribution in [3.05, 3.63) is 33.3 Å². The Morgan fingerprint density at radius 2 is 2.22 bits per heavy atom. The van der Waals surface area contributed by atoms with Crippen molar-refractivity contribution in [1.82, 2.24) is 5.32 Å². The fourth-order valence-electron chi connectivity index (χ4n) is 2.18. The first-order valence-electron chi connectivity index (χ1n) is 5.95. The van der Waals surface area contributed by atoms with Crippen LogP contribution in [-0.4, -0.2) is 17.8 Å². The molecule has 0 aromatic heterocycles. The lowest BCUT2D eigenvalue weighted by Gasteiger charge is -2.14. The second-order valence-corrected chi connectivity index (χ2v) is 6.37. The van der Waals surface area contributed by atoms with E-state index in [4.69, 9.17) is 23.2 Å². The van der Waals surface area contributed by atoms with Gasteiger partial charge in [0, 0.05) is 22.0 Å². The Morgan fingerprint density at radius 1 is 1.44 bits per heavy atom. The molecule has 2 atom stereocenters. The maximum absolute atomic E-state index is 12.0. The van der Waals surface area contributed by atoms with Crippen LogP contribution in [0.2, 0.25) is 5.02 Å². The third kappa shape index (κ3) is 3.40. The largest absolute Gasteiger partial charge is 0.352 e. The molecule has 2 unspecified atom stereocenters. The van der Waals surface area contributed by atoms with Crippen LogP contribution in [0.5, 0.6) is 0 Å². The molecule has 0 aliphatic heterocycles. The molecule has 0 heterocycles. The average Bonchev–Trinajstić information content (AvgIpc) is 2.75. The molecule has 2 nitrogen and oxygen atoms in total. The van der Waals surface area contributed by atoms with Gasteiger partial charge in [0.1, 0.15) is 0 Å². The van der Waals surface area contributed by atoms with E-state index in [2.05, 4.69) is 21.2 Å². The first kappa shape index (κ1) is 14.2. The Labute approximate surface area is 125 Å². The fraction of sp³-hybridized carbons (Fsp3) is 0.462. The van der Waals surface area contributed by atoms with Gasteiger partial charge < -0.3 is 5.32 Å². The molecular formula is C13H14BrCl2NO. The van der Waals surface area contributed by atoms with E-state index in [1.165, 1.54) is 0 Å². The summed E-state index contributed by atoms with van der Waals surface area (Å²) < 4.78 is 0.730. The molecule has 0 radical (unpaired) electrons. The lowest BCUT2D eigenvalue weighted by molar-refractivity contribution is 0.0947. The molecule has 18 heavy (non-hydrogen) atoms. The summed E-state index contributed by atoms with van der Waals surface area (Å²) in [5.41, 5.74) is 0.607. The van der Waals surface area contributed by atoms with Crippen molar-refractivity contribution >= 4 is 45.0 Å². The van der Waals surface area contributed by atoms with Gasteiger partial charge in [-0.25, -0.2) is 0 Å². The van der Waals surface area contributed by atoms with Crippen molar-refractivity contribution in [2.24, 2.45) is 5.92 Å². The number of hydrogen-bond donors (Lipinski definition) is 1. The molecule has 1 aromatic carbocycles. The summed E-state index contributed by atoms with van der Waals surface area (Å²) in [4.78, 5) is 12.0. The highest BCUT2D eigenvalue weighted by molar-refractivity contribution is 9.10. The summed E-state index contributed by atoms with van der Waals surface area (Å²) in [6, 6.07) is 5.15. The molecule has 1 N–H and O–H groups in total. The van der Waals surface area contributed by atoms with E-state index in [1.54, 1.807) is 18.2 Å². The van der Waals surface area contributed by atoms with Crippen LogP contribution in [0.15, 0.2) is 22.7 Å². The van der Waals surface area contributed by atoms with Gasteiger partial charge in [-0.3, -0.25) is 4.79 Å². The summed E-state index contributed by atoms with van der Waals surface area (Å²) in [6.45, 7) is 0.646. The highest BCUT2D eigenvalue weighted by atomic mass is 79.9. The summed E-state index contributed by atoms with van der Waals surface area (Å²) in [7, 11) is 0. The Kier molecular flexibility index (Phi) is 4.93. The van der Waals surface area contributed by atoms with E-state index >= 15 is 0 Å². The van der Waals surface area contributed by atoms with Crippen LogP contribution in [-0.2, 0) is 0 Å². The molecular weight excluding hydrogens is 337 g/mol. The van der Waals surface area contributed by atoms with Crippen LogP contribution in [0, 0.1) is 5.92 Å². The van der Waals surface area contributed by atoms with Crippen molar-refractivity contribution in [3.8, 4) is 0 Å². The zero-order chi connectivity index (χ0) is 13.1. The summed E-state index contributed by atoms with van der Waals surface area (Å²) in [5.74, 6) is 0.314. The van der Waals surface area contributed by atoms with Crippen LogP contribution in [0.3, 0.4) is 0 Å². The Morgan fingerprint density at radius 3 is 2.83 bits per heavy atom. The maximum Gasteiger partial charge on any atom is 0.251 e. The smallest absolute Gasteiger partial charge is 0.251 e. The fourth-order valence-corrected chi connectivity index (χ4v) is 3.05. The lowest BCUT2D eigenvalue weighted by Crippen LogP contribution is -2.31. The molecule has 1 saturated carbocycles. The molecule has 1 aliphatic carbocycles. The number of nitrogens with one attached hydrogen (secondary N) is 1.